The van der Waals surface area contributed by atoms with Crippen LogP contribution in [0.25, 0.3) is 11.3 Å². The molecule has 0 spiro atoms. The SMILES string of the molecule is CCc1nc(Cl)c(C)c(-c2ccccc2Br)n1. The van der Waals surface area contributed by atoms with Crippen molar-refractivity contribution in [2.24, 2.45) is 0 Å². The van der Waals surface area contributed by atoms with Gasteiger partial charge in [-0.1, -0.05) is 52.7 Å². The zero-order valence-electron chi connectivity index (χ0n) is 9.67. The van der Waals surface area contributed by atoms with Gasteiger partial charge in [-0.05, 0) is 13.0 Å². The number of aryl methyl sites for hydroxylation is 1. The molecule has 0 fully saturated rings. The van der Waals surface area contributed by atoms with Crippen LogP contribution in [0.1, 0.15) is 18.3 Å². The average molecular weight is 312 g/mol. The second-order valence-corrected chi connectivity index (χ2v) is 4.95. The van der Waals surface area contributed by atoms with Gasteiger partial charge in [0, 0.05) is 22.0 Å². The minimum atomic E-state index is 0.530. The van der Waals surface area contributed by atoms with E-state index >= 15 is 0 Å². The Morgan fingerprint density at radius 1 is 1.24 bits per heavy atom. The van der Waals surface area contributed by atoms with Gasteiger partial charge in [0.1, 0.15) is 11.0 Å². The zero-order valence-corrected chi connectivity index (χ0v) is 12.0. The Morgan fingerprint density at radius 3 is 2.59 bits per heavy atom. The fourth-order valence-corrected chi connectivity index (χ4v) is 2.27. The molecule has 0 bridgehead atoms. The first-order chi connectivity index (χ1) is 8.13. The number of halogens is 2. The van der Waals surface area contributed by atoms with Crippen LogP contribution < -0.4 is 0 Å². The molecule has 0 aliphatic heterocycles. The van der Waals surface area contributed by atoms with E-state index in [0.29, 0.717) is 5.15 Å². The molecule has 0 aliphatic carbocycles. The van der Waals surface area contributed by atoms with Gasteiger partial charge in [-0.25, -0.2) is 9.97 Å². The molecule has 0 amide bonds. The minimum absolute atomic E-state index is 0.530. The molecule has 0 aliphatic rings. The fraction of sp³-hybridized carbons (Fsp3) is 0.231. The molecule has 4 heteroatoms. The van der Waals surface area contributed by atoms with Crippen LogP contribution in [0, 0.1) is 6.92 Å². The van der Waals surface area contributed by atoms with Crippen LogP contribution in [-0.2, 0) is 6.42 Å². The number of rotatable bonds is 2. The summed E-state index contributed by atoms with van der Waals surface area (Å²) in [6, 6.07) is 7.99. The third-order valence-corrected chi connectivity index (χ3v) is 3.64. The summed E-state index contributed by atoms with van der Waals surface area (Å²) in [6.07, 6.45) is 0.775. The highest BCUT2D eigenvalue weighted by molar-refractivity contribution is 9.10. The van der Waals surface area contributed by atoms with Crippen LogP contribution in [0.15, 0.2) is 28.7 Å². The van der Waals surface area contributed by atoms with Crippen molar-refractivity contribution in [3.63, 3.8) is 0 Å². The van der Waals surface area contributed by atoms with Gasteiger partial charge in [-0.3, -0.25) is 0 Å². The van der Waals surface area contributed by atoms with E-state index in [0.717, 1.165) is 33.5 Å². The first kappa shape index (κ1) is 12.5. The molecular weight excluding hydrogens is 300 g/mol. The van der Waals surface area contributed by atoms with Gasteiger partial charge < -0.3 is 0 Å². The molecule has 2 aromatic rings. The number of hydrogen-bond donors (Lipinski definition) is 0. The maximum Gasteiger partial charge on any atom is 0.136 e. The quantitative estimate of drug-likeness (QED) is 0.767. The van der Waals surface area contributed by atoms with Crippen molar-refractivity contribution in [2.45, 2.75) is 20.3 Å². The number of aromatic nitrogens is 2. The molecular formula is C13H12BrClN2. The summed E-state index contributed by atoms with van der Waals surface area (Å²) in [6.45, 7) is 3.96. The summed E-state index contributed by atoms with van der Waals surface area (Å²) in [4.78, 5) is 8.80. The van der Waals surface area contributed by atoms with Crippen molar-refractivity contribution in [3.05, 3.63) is 45.3 Å². The highest BCUT2D eigenvalue weighted by Gasteiger charge is 2.12. The van der Waals surface area contributed by atoms with Crippen LogP contribution in [0.2, 0.25) is 5.15 Å². The Hall–Kier alpha value is -0.930. The molecule has 1 aromatic carbocycles. The largest absolute Gasteiger partial charge is 0.232 e. The maximum absolute atomic E-state index is 6.13. The summed E-state index contributed by atoms with van der Waals surface area (Å²) < 4.78 is 1.01. The van der Waals surface area contributed by atoms with Crippen LogP contribution in [0.4, 0.5) is 0 Å². The normalized spacial score (nSPS) is 10.6. The number of nitrogens with zero attached hydrogens (tertiary/aromatic N) is 2. The highest BCUT2D eigenvalue weighted by atomic mass is 79.9. The number of hydrogen-bond acceptors (Lipinski definition) is 2. The van der Waals surface area contributed by atoms with E-state index in [-0.39, 0.29) is 0 Å². The van der Waals surface area contributed by atoms with E-state index in [1.165, 1.54) is 0 Å². The van der Waals surface area contributed by atoms with Crippen LogP contribution >= 0.6 is 27.5 Å². The second-order valence-electron chi connectivity index (χ2n) is 3.74. The lowest BCUT2D eigenvalue weighted by atomic mass is 10.1. The van der Waals surface area contributed by atoms with Crippen LogP contribution in [0.3, 0.4) is 0 Å². The van der Waals surface area contributed by atoms with Crippen molar-refractivity contribution in [1.82, 2.24) is 9.97 Å². The van der Waals surface area contributed by atoms with E-state index < -0.39 is 0 Å². The Labute approximate surface area is 114 Å². The molecule has 2 rings (SSSR count). The summed E-state index contributed by atoms with van der Waals surface area (Å²) in [5, 5.41) is 0.530. The summed E-state index contributed by atoms with van der Waals surface area (Å²) >= 11 is 9.67. The second kappa shape index (κ2) is 5.15. The predicted molar refractivity (Wildman–Crippen MR) is 74.3 cm³/mol. The van der Waals surface area contributed by atoms with Gasteiger partial charge in [-0.2, -0.15) is 0 Å². The van der Waals surface area contributed by atoms with Gasteiger partial charge in [0.25, 0.3) is 0 Å². The molecule has 1 heterocycles. The lowest BCUT2D eigenvalue weighted by Gasteiger charge is -2.10. The van der Waals surface area contributed by atoms with Gasteiger partial charge >= 0.3 is 0 Å². The Kier molecular flexibility index (Phi) is 3.79. The van der Waals surface area contributed by atoms with Crippen molar-refractivity contribution in [1.29, 1.82) is 0 Å². The van der Waals surface area contributed by atoms with Crippen molar-refractivity contribution in [2.75, 3.05) is 0 Å². The zero-order chi connectivity index (χ0) is 12.4. The molecule has 88 valence electrons. The Balaban J connectivity index is 2.67. The monoisotopic (exact) mass is 310 g/mol. The van der Waals surface area contributed by atoms with E-state index in [1.807, 2.05) is 38.1 Å². The first-order valence-corrected chi connectivity index (χ1v) is 6.58. The molecule has 0 saturated heterocycles. The number of benzene rings is 1. The van der Waals surface area contributed by atoms with E-state index in [4.69, 9.17) is 11.6 Å². The standard InChI is InChI=1S/C13H12BrClN2/c1-3-11-16-12(8(2)13(15)17-11)9-6-4-5-7-10(9)14/h4-7H,3H2,1-2H3. The molecule has 0 N–H and O–H groups in total. The molecule has 1 aromatic heterocycles. The van der Waals surface area contributed by atoms with Gasteiger partial charge in [-0.15, -0.1) is 0 Å². The summed E-state index contributed by atoms with van der Waals surface area (Å²) in [5.41, 5.74) is 2.86. The topological polar surface area (TPSA) is 25.8 Å². The molecule has 0 radical (unpaired) electrons. The van der Waals surface area contributed by atoms with Crippen LogP contribution in [-0.4, -0.2) is 9.97 Å². The average Bonchev–Trinajstić information content (AvgIpc) is 2.33. The third kappa shape index (κ3) is 2.50. The summed E-state index contributed by atoms with van der Waals surface area (Å²) in [7, 11) is 0. The summed E-state index contributed by atoms with van der Waals surface area (Å²) in [5.74, 6) is 0.770. The smallest absolute Gasteiger partial charge is 0.136 e. The lowest BCUT2D eigenvalue weighted by Crippen LogP contribution is -1.99. The molecule has 0 unspecified atom stereocenters. The maximum atomic E-state index is 6.13. The predicted octanol–water partition coefficient (Wildman–Crippen LogP) is 4.43. The molecule has 0 saturated carbocycles. The molecule has 0 atom stereocenters. The lowest BCUT2D eigenvalue weighted by molar-refractivity contribution is 0.934. The van der Waals surface area contributed by atoms with Gasteiger partial charge in [0.2, 0.25) is 0 Å². The highest BCUT2D eigenvalue weighted by Crippen LogP contribution is 2.31. The van der Waals surface area contributed by atoms with E-state index in [1.54, 1.807) is 0 Å². The van der Waals surface area contributed by atoms with Gasteiger partial charge in [0.05, 0.1) is 5.69 Å². The minimum Gasteiger partial charge on any atom is -0.232 e. The van der Waals surface area contributed by atoms with Crippen molar-refractivity contribution in [3.8, 4) is 11.3 Å². The third-order valence-electron chi connectivity index (χ3n) is 2.58. The molecule has 17 heavy (non-hydrogen) atoms. The fourth-order valence-electron chi connectivity index (χ4n) is 1.61. The Morgan fingerprint density at radius 2 is 1.94 bits per heavy atom. The first-order valence-electron chi connectivity index (χ1n) is 5.41. The van der Waals surface area contributed by atoms with Crippen molar-refractivity contribution >= 4 is 27.5 Å². The van der Waals surface area contributed by atoms with Gasteiger partial charge in [0.15, 0.2) is 0 Å². The van der Waals surface area contributed by atoms with Crippen molar-refractivity contribution < 1.29 is 0 Å². The van der Waals surface area contributed by atoms with E-state index in [9.17, 15) is 0 Å². The van der Waals surface area contributed by atoms with E-state index in [2.05, 4.69) is 25.9 Å². The van der Waals surface area contributed by atoms with Crippen LogP contribution in [0.5, 0.6) is 0 Å². The molecule has 2 nitrogen and oxygen atoms in total. The Bertz CT molecular complexity index is 555.